The normalized spacial score (nSPS) is 7.58. The van der Waals surface area contributed by atoms with Gasteiger partial charge in [0.15, 0.2) is 0 Å². The zero-order chi connectivity index (χ0) is 15.1. The molecule has 0 rings (SSSR count). The fourth-order valence-corrected chi connectivity index (χ4v) is 0.289. The van der Waals surface area contributed by atoms with Gasteiger partial charge in [0, 0.05) is 23.9 Å². The summed E-state index contributed by atoms with van der Waals surface area (Å²) in [5, 5.41) is 19.1. The van der Waals surface area contributed by atoms with Crippen molar-refractivity contribution in [2.75, 3.05) is 13.2 Å². The summed E-state index contributed by atoms with van der Waals surface area (Å²) in [4.78, 5) is 0. The Morgan fingerprint density at radius 1 is 0.632 bits per heavy atom. The first-order chi connectivity index (χ1) is 8.66. The molecule has 0 aromatic carbocycles. The zero-order valence-electron chi connectivity index (χ0n) is 13.8. The molecule has 0 unspecified atom stereocenters. The molecule has 0 aliphatic carbocycles. The van der Waals surface area contributed by atoms with Gasteiger partial charge in [0.2, 0.25) is 0 Å². The third kappa shape index (κ3) is 116. The molecule has 0 aromatic heterocycles. The van der Waals surface area contributed by atoms with Crippen molar-refractivity contribution in [2.45, 2.75) is 79.1 Å². The van der Waals surface area contributed by atoms with Gasteiger partial charge < -0.3 is 0 Å². The minimum atomic E-state index is 0. The van der Waals surface area contributed by atoms with Crippen molar-refractivity contribution in [3.05, 3.63) is 13.8 Å². The minimum Gasteiger partial charge on any atom is -0.237 e. The van der Waals surface area contributed by atoms with Crippen LogP contribution in [-0.2, 0) is 10.2 Å². The molecule has 0 N–H and O–H groups in total. The van der Waals surface area contributed by atoms with E-state index in [0.29, 0.717) is 0 Å². The molecule has 0 bridgehead atoms. The quantitative estimate of drug-likeness (QED) is 0.563. The molecule has 0 heterocycles. The maximum Gasteiger partial charge on any atom is 0.0822 e. The predicted octanol–water partition coefficient (Wildman–Crippen LogP) is 5.29. The third-order valence-electron chi connectivity index (χ3n) is 1.70. The Labute approximate surface area is 140 Å². The Balaban J connectivity index is -0.0000000453. The molecule has 8 radical (unpaired) electrons. The van der Waals surface area contributed by atoms with Crippen molar-refractivity contribution < 1.29 is 10.2 Å². The van der Waals surface area contributed by atoms with E-state index in [1.165, 1.54) is 12.8 Å². The van der Waals surface area contributed by atoms with Gasteiger partial charge in [0.05, 0.1) is 13.2 Å². The summed E-state index contributed by atoms with van der Waals surface area (Å²) in [6.07, 6.45) is 8.28. The van der Waals surface area contributed by atoms with Gasteiger partial charge in [0.1, 0.15) is 0 Å². The van der Waals surface area contributed by atoms with Crippen molar-refractivity contribution in [1.29, 1.82) is 0 Å². The Kier molecular flexibility index (Phi) is 85.9. The first kappa shape index (κ1) is 31.9. The van der Waals surface area contributed by atoms with Gasteiger partial charge in [-0.25, -0.2) is 10.2 Å². The van der Waals surface area contributed by atoms with Gasteiger partial charge in [-0.2, -0.15) is 0 Å². The summed E-state index contributed by atoms with van der Waals surface area (Å²) in [5.41, 5.74) is 0. The summed E-state index contributed by atoms with van der Waals surface area (Å²) in [6.45, 7) is 15.7. The van der Waals surface area contributed by atoms with Crippen LogP contribution in [0.2, 0.25) is 0 Å². The molecule has 2 nitrogen and oxygen atoms in total. The molecule has 0 aliphatic heterocycles. The maximum atomic E-state index is 9.53. The molecule has 0 aliphatic rings. The van der Waals surface area contributed by atoms with E-state index < -0.39 is 0 Å². The van der Waals surface area contributed by atoms with Crippen LogP contribution >= 0.6 is 0 Å². The van der Waals surface area contributed by atoms with Gasteiger partial charge in [-0.15, -0.1) is 0 Å². The Morgan fingerprint density at radius 2 is 0.842 bits per heavy atom. The van der Waals surface area contributed by atoms with Crippen LogP contribution in [0.4, 0.5) is 0 Å². The number of hydrogen-bond donors (Lipinski definition) is 0. The SMILES string of the molecule is CCCC[O].CCCC[O].[CH2]CCC.[CH2]CCC.[Sn]. The van der Waals surface area contributed by atoms with E-state index >= 15 is 0 Å². The molecule has 19 heavy (non-hydrogen) atoms. The predicted molar refractivity (Wildman–Crippen MR) is 87.2 cm³/mol. The molecule has 0 spiro atoms. The number of unbranched alkanes of at least 4 members (excludes halogenated alkanes) is 4. The molecule has 0 fully saturated rings. The summed E-state index contributed by atoms with van der Waals surface area (Å²) < 4.78 is 0. The molecule has 116 valence electrons. The molecule has 0 atom stereocenters. The van der Waals surface area contributed by atoms with Crippen LogP contribution in [0.3, 0.4) is 0 Å². The average Bonchev–Trinajstić information content (AvgIpc) is 2.42. The smallest absolute Gasteiger partial charge is 0.0822 e. The Hall–Kier alpha value is 0.719. The number of rotatable bonds is 6. The third-order valence-corrected chi connectivity index (χ3v) is 1.70. The molecule has 0 saturated carbocycles. The monoisotopic (exact) mass is 380 g/mol. The van der Waals surface area contributed by atoms with Gasteiger partial charge in [-0.05, 0) is 12.8 Å². The fraction of sp³-hybridized carbons (Fsp3) is 0.875. The molecular formula is C16H36O2Sn. The Bertz CT molecular complexity index is 63.1. The summed E-state index contributed by atoms with van der Waals surface area (Å²) in [5.74, 6) is 0. The van der Waals surface area contributed by atoms with E-state index in [0.717, 1.165) is 38.5 Å². The van der Waals surface area contributed by atoms with Crippen molar-refractivity contribution in [3.8, 4) is 0 Å². The second-order valence-electron chi connectivity index (χ2n) is 3.82. The molecular weight excluding hydrogens is 343 g/mol. The van der Waals surface area contributed by atoms with Crippen molar-refractivity contribution in [1.82, 2.24) is 0 Å². The molecule has 0 saturated heterocycles. The summed E-state index contributed by atoms with van der Waals surface area (Å²) >= 11 is 0. The first-order valence-corrected chi connectivity index (χ1v) is 7.41. The molecule has 0 aromatic rings. The van der Waals surface area contributed by atoms with Gasteiger partial charge in [-0.1, -0.05) is 80.1 Å². The topological polar surface area (TPSA) is 39.8 Å². The molecule has 0 amide bonds. The van der Waals surface area contributed by atoms with Crippen LogP contribution in [-0.4, -0.2) is 37.1 Å². The minimum absolute atomic E-state index is 0. The standard InChI is InChI=1S/2C4H9O.2C4H9.Sn/c2*1-2-3-4-5;2*1-3-4-2;/h2*2-4H2,1H3;2*1,3-4H2,2H3;. The summed E-state index contributed by atoms with van der Waals surface area (Å²) in [6, 6.07) is 0. The van der Waals surface area contributed by atoms with Crippen LogP contribution in [0.1, 0.15) is 79.1 Å². The first-order valence-electron chi connectivity index (χ1n) is 7.41. The van der Waals surface area contributed by atoms with Crippen LogP contribution in [0.15, 0.2) is 0 Å². The van der Waals surface area contributed by atoms with Crippen LogP contribution in [0, 0.1) is 13.8 Å². The van der Waals surface area contributed by atoms with E-state index in [9.17, 15) is 10.2 Å². The largest absolute Gasteiger partial charge is 0.237 e. The van der Waals surface area contributed by atoms with Crippen LogP contribution < -0.4 is 0 Å². The maximum absolute atomic E-state index is 9.53. The zero-order valence-corrected chi connectivity index (χ0v) is 16.7. The summed E-state index contributed by atoms with van der Waals surface area (Å²) in [7, 11) is 0. The average molecular weight is 379 g/mol. The van der Waals surface area contributed by atoms with E-state index in [-0.39, 0.29) is 37.1 Å². The van der Waals surface area contributed by atoms with E-state index in [1.54, 1.807) is 0 Å². The Morgan fingerprint density at radius 3 is 0.842 bits per heavy atom. The fourth-order valence-electron chi connectivity index (χ4n) is 0.289. The van der Waals surface area contributed by atoms with E-state index in [2.05, 4.69) is 27.7 Å². The second kappa shape index (κ2) is 51.2. The van der Waals surface area contributed by atoms with Crippen LogP contribution in [0.5, 0.6) is 0 Å². The van der Waals surface area contributed by atoms with E-state index in [4.69, 9.17) is 0 Å². The number of hydrogen-bond acceptors (Lipinski definition) is 0. The van der Waals surface area contributed by atoms with E-state index in [1.807, 2.05) is 13.8 Å². The second-order valence-corrected chi connectivity index (χ2v) is 3.82. The molecule has 3 heteroatoms. The van der Waals surface area contributed by atoms with Gasteiger partial charge >= 0.3 is 0 Å². The van der Waals surface area contributed by atoms with Crippen LogP contribution in [0.25, 0.3) is 0 Å². The van der Waals surface area contributed by atoms with Crippen molar-refractivity contribution in [3.63, 3.8) is 0 Å². The van der Waals surface area contributed by atoms with Crippen molar-refractivity contribution >= 4 is 23.9 Å². The van der Waals surface area contributed by atoms with Gasteiger partial charge in [-0.3, -0.25) is 0 Å². The van der Waals surface area contributed by atoms with Crippen molar-refractivity contribution in [2.24, 2.45) is 0 Å². The van der Waals surface area contributed by atoms with Gasteiger partial charge in [0.25, 0.3) is 0 Å².